The van der Waals surface area contributed by atoms with E-state index in [-0.39, 0.29) is 16.5 Å². The fourth-order valence-corrected chi connectivity index (χ4v) is 1.55. The third-order valence-electron chi connectivity index (χ3n) is 2.32. The Kier molecular flexibility index (Phi) is 3.89. The van der Waals surface area contributed by atoms with Crippen molar-refractivity contribution in [3.63, 3.8) is 0 Å². The van der Waals surface area contributed by atoms with Gasteiger partial charge in [0, 0.05) is 5.56 Å². The molecule has 0 atom stereocenters. The molecule has 0 bridgehead atoms. The Bertz CT molecular complexity index is 629. The van der Waals surface area contributed by atoms with E-state index in [0.717, 1.165) is 24.3 Å². The third kappa shape index (κ3) is 3.45. The Morgan fingerprint density at radius 3 is 2.35 bits per heavy atom. The molecule has 0 aliphatic rings. The zero-order chi connectivity index (χ0) is 14.8. The normalized spacial score (nSPS) is 11.2. The molecule has 2 rings (SSSR count). The molecule has 4 nitrogen and oxygen atoms in total. The molecule has 0 unspecified atom stereocenters. The molecule has 20 heavy (non-hydrogen) atoms. The van der Waals surface area contributed by atoms with E-state index < -0.39 is 17.6 Å². The number of nitrogens with zero attached hydrogens (tertiary/aromatic N) is 2. The minimum Gasteiger partial charge on any atom is -0.305 e. The highest BCUT2D eigenvalue weighted by atomic mass is 35.5. The molecule has 0 saturated heterocycles. The van der Waals surface area contributed by atoms with Gasteiger partial charge in [0.25, 0.3) is 5.91 Å². The van der Waals surface area contributed by atoms with Crippen molar-refractivity contribution in [1.29, 1.82) is 0 Å². The average Bonchev–Trinajstić information content (AvgIpc) is 2.38. The molecule has 0 aliphatic heterocycles. The predicted molar refractivity (Wildman–Crippen MR) is 66.4 cm³/mol. The van der Waals surface area contributed by atoms with Crippen molar-refractivity contribution in [1.82, 2.24) is 9.97 Å². The summed E-state index contributed by atoms with van der Waals surface area (Å²) in [5, 5.41) is 2.47. The Morgan fingerprint density at radius 1 is 1.15 bits per heavy atom. The molecule has 104 valence electrons. The molecule has 0 saturated carbocycles. The van der Waals surface area contributed by atoms with Crippen LogP contribution in [-0.4, -0.2) is 15.9 Å². The fraction of sp³-hybridized carbons (Fsp3) is 0.0833. The smallest absolute Gasteiger partial charge is 0.305 e. The van der Waals surface area contributed by atoms with Crippen LogP contribution in [0.5, 0.6) is 0 Å². The zero-order valence-corrected chi connectivity index (χ0v) is 10.5. The number of nitrogens with one attached hydrogen (secondary N) is 1. The van der Waals surface area contributed by atoms with E-state index in [1.807, 2.05) is 0 Å². The molecule has 2 aromatic rings. The van der Waals surface area contributed by atoms with Gasteiger partial charge < -0.3 is 5.32 Å². The fourth-order valence-electron chi connectivity index (χ4n) is 1.40. The van der Waals surface area contributed by atoms with Crippen LogP contribution in [0.25, 0.3) is 0 Å². The Labute approximate surface area is 116 Å². The highest BCUT2D eigenvalue weighted by Crippen LogP contribution is 2.29. The van der Waals surface area contributed by atoms with Gasteiger partial charge in [0.1, 0.15) is 5.15 Å². The maximum absolute atomic E-state index is 12.4. The number of halogens is 4. The molecule has 0 spiro atoms. The summed E-state index contributed by atoms with van der Waals surface area (Å²) in [6, 6.07) is 3.82. The number of carbonyl (C=O) groups excluding carboxylic acids is 1. The second-order valence-electron chi connectivity index (χ2n) is 3.76. The van der Waals surface area contributed by atoms with Gasteiger partial charge in [0.2, 0.25) is 0 Å². The van der Waals surface area contributed by atoms with E-state index >= 15 is 0 Å². The standard InChI is InChI=1S/C12H7ClF3N3O/c13-9-5-17-6-10(18-9)19-11(20)7-1-3-8(4-2-7)12(14,15)16/h1-6H,(H,18,19,20). The number of alkyl halides is 3. The van der Waals surface area contributed by atoms with E-state index in [1.54, 1.807) is 0 Å². The van der Waals surface area contributed by atoms with Gasteiger partial charge in [-0.3, -0.25) is 9.78 Å². The Morgan fingerprint density at radius 2 is 1.80 bits per heavy atom. The number of carbonyl (C=O) groups is 1. The van der Waals surface area contributed by atoms with Gasteiger partial charge in [-0.1, -0.05) is 11.6 Å². The van der Waals surface area contributed by atoms with Gasteiger partial charge in [0.05, 0.1) is 18.0 Å². The monoisotopic (exact) mass is 301 g/mol. The number of aromatic nitrogens is 2. The molecular formula is C12H7ClF3N3O. The summed E-state index contributed by atoms with van der Waals surface area (Å²) in [6.07, 6.45) is -1.88. The minimum absolute atomic E-state index is 0.0692. The lowest BCUT2D eigenvalue weighted by Gasteiger charge is -2.08. The SMILES string of the molecule is O=C(Nc1cncc(Cl)n1)c1ccc(C(F)(F)F)cc1. The first-order valence-corrected chi connectivity index (χ1v) is 5.70. The molecule has 8 heteroatoms. The summed E-state index contributed by atoms with van der Waals surface area (Å²) in [4.78, 5) is 19.3. The van der Waals surface area contributed by atoms with Crippen LogP contribution < -0.4 is 5.32 Å². The Hall–Kier alpha value is -2.15. The van der Waals surface area contributed by atoms with Gasteiger partial charge in [-0.25, -0.2) is 4.98 Å². The summed E-state index contributed by atoms with van der Waals surface area (Å²) in [6.45, 7) is 0. The summed E-state index contributed by atoms with van der Waals surface area (Å²) >= 11 is 5.60. The van der Waals surface area contributed by atoms with E-state index in [9.17, 15) is 18.0 Å². The maximum atomic E-state index is 12.4. The second kappa shape index (κ2) is 5.46. The van der Waals surface area contributed by atoms with Crippen molar-refractivity contribution in [3.8, 4) is 0 Å². The molecule has 0 fully saturated rings. The Balaban J connectivity index is 2.14. The van der Waals surface area contributed by atoms with E-state index in [0.29, 0.717) is 0 Å². The van der Waals surface area contributed by atoms with Crippen LogP contribution in [0.2, 0.25) is 5.15 Å². The highest BCUT2D eigenvalue weighted by Gasteiger charge is 2.30. The summed E-state index contributed by atoms with van der Waals surface area (Å²) < 4.78 is 37.1. The van der Waals surface area contributed by atoms with Crippen LogP contribution in [0.3, 0.4) is 0 Å². The van der Waals surface area contributed by atoms with Crippen molar-refractivity contribution in [3.05, 3.63) is 52.9 Å². The van der Waals surface area contributed by atoms with Gasteiger partial charge in [-0.2, -0.15) is 13.2 Å². The molecule has 1 aromatic carbocycles. The van der Waals surface area contributed by atoms with Crippen molar-refractivity contribution in [2.75, 3.05) is 5.32 Å². The van der Waals surface area contributed by atoms with E-state index in [2.05, 4.69) is 15.3 Å². The molecule has 0 aliphatic carbocycles. The number of benzene rings is 1. The summed E-state index contributed by atoms with van der Waals surface area (Å²) in [5.41, 5.74) is -0.753. The average molecular weight is 302 g/mol. The van der Waals surface area contributed by atoms with Gasteiger partial charge in [0.15, 0.2) is 5.82 Å². The lowest BCUT2D eigenvalue weighted by atomic mass is 10.1. The third-order valence-corrected chi connectivity index (χ3v) is 2.50. The number of rotatable bonds is 2. The predicted octanol–water partition coefficient (Wildman–Crippen LogP) is 3.40. The van der Waals surface area contributed by atoms with E-state index in [1.165, 1.54) is 12.4 Å². The number of amides is 1. The van der Waals surface area contributed by atoms with E-state index in [4.69, 9.17) is 11.6 Å². The molecule has 0 radical (unpaired) electrons. The molecule has 1 amide bonds. The molecular weight excluding hydrogens is 295 g/mol. The topological polar surface area (TPSA) is 54.9 Å². The molecule has 1 N–H and O–H groups in total. The highest BCUT2D eigenvalue weighted by molar-refractivity contribution is 6.29. The number of hydrogen-bond acceptors (Lipinski definition) is 3. The van der Waals surface area contributed by atoms with Crippen molar-refractivity contribution in [2.24, 2.45) is 0 Å². The largest absolute Gasteiger partial charge is 0.416 e. The second-order valence-corrected chi connectivity index (χ2v) is 4.14. The first-order valence-electron chi connectivity index (χ1n) is 5.32. The quantitative estimate of drug-likeness (QED) is 0.925. The van der Waals surface area contributed by atoms with Crippen LogP contribution in [0, 0.1) is 0 Å². The summed E-state index contributed by atoms with van der Waals surface area (Å²) in [7, 11) is 0. The van der Waals surface area contributed by atoms with Gasteiger partial charge in [-0.05, 0) is 24.3 Å². The maximum Gasteiger partial charge on any atom is 0.416 e. The van der Waals surface area contributed by atoms with Crippen molar-refractivity contribution < 1.29 is 18.0 Å². The molecule has 1 aromatic heterocycles. The van der Waals surface area contributed by atoms with Crippen molar-refractivity contribution >= 4 is 23.3 Å². The van der Waals surface area contributed by atoms with Crippen LogP contribution in [0.15, 0.2) is 36.7 Å². The van der Waals surface area contributed by atoms with Gasteiger partial charge in [-0.15, -0.1) is 0 Å². The number of hydrogen-bond donors (Lipinski definition) is 1. The first-order chi connectivity index (χ1) is 9.36. The summed E-state index contributed by atoms with van der Waals surface area (Å²) in [5.74, 6) is -0.488. The van der Waals surface area contributed by atoms with Crippen LogP contribution >= 0.6 is 11.6 Å². The lowest BCUT2D eigenvalue weighted by molar-refractivity contribution is -0.137. The van der Waals surface area contributed by atoms with Crippen LogP contribution in [0.1, 0.15) is 15.9 Å². The van der Waals surface area contributed by atoms with Crippen LogP contribution in [-0.2, 0) is 6.18 Å². The van der Waals surface area contributed by atoms with Gasteiger partial charge >= 0.3 is 6.18 Å². The first kappa shape index (κ1) is 14.3. The zero-order valence-electron chi connectivity index (χ0n) is 9.78. The molecule has 1 heterocycles. The number of anilines is 1. The van der Waals surface area contributed by atoms with Crippen molar-refractivity contribution in [2.45, 2.75) is 6.18 Å². The van der Waals surface area contributed by atoms with Crippen LogP contribution in [0.4, 0.5) is 19.0 Å². The minimum atomic E-state index is -4.44. The lowest BCUT2D eigenvalue weighted by Crippen LogP contribution is -2.14.